The van der Waals surface area contributed by atoms with E-state index in [2.05, 4.69) is 10.6 Å². The second kappa shape index (κ2) is 15.8. The monoisotopic (exact) mass is 529 g/mol. The molecule has 0 fully saturated rings. The van der Waals surface area contributed by atoms with Crippen LogP contribution in [-0.2, 0) is 30.3 Å². The molecule has 0 saturated carbocycles. The van der Waals surface area contributed by atoms with E-state index in [4.69, 9.17) is 9.47 Å². The number of ether oxygens (including phenoxy) is 2. The van der Waals surface area contributed by atoms with Crippen molar-refractivity contribution in [3.8, 4) is 0 Å². The van der Waals surface area contributed by atoms with E-state index in [0.717, 1.165) is 5.56 Å². The van der Waals surface area contributed by atoms with Crippen LogP contribution >= 0.6 is 0 Å². The average Bonchev–Trinajstić information content (AvgIpc) is 2.86. The third-order valence-corrected chi connectivity index (χ3v) is 6.34. The SMILES string of the molecule is CCOC(=O)[C@@H]1CC(C(=O)N(C)C)CC=CCCC(Cc2ccccc2)OC(=O)N[C@@H](CC(C)C)C(=O)N1. The molecule has 210 valence electrons. The summed E-state index contributed by atoms with van der Waals surface area (Å²) in [4.78, 5) is 53.5. The summed E-state index contributed by atoms with van der Waals surface area (Å²) in [6.45, 7) is 5.70. The Labute approximate surface area is 226 Å². The number of hydrogen-bond acceptors (Lipinski definition) is 6. The van der Waals surface area contributed by atoms with Crippen LogP contribution in [0.2, 0.25) is 0 Å². The summed E-state index contributed by atoms with van der Waals surface area (Å²) >= 11 is 0. The topological polar surface area (TPSA) is 114 Å². The minimum absolute atomic E-state index is 0.0847. The molecule has 0 aromatic heterocycles. The van der Waals surface area contributed by atoms with Gasteiger partial charge in [-0.15, -0.1) is 0 Å². The highest BCUT2D eigenvalue weighted by molar-refractivity contribution is 5.90. The fourth-order valence-electron chi connectivity index (χ4n) is 4.45. The van der Waals surface area contributed by atoms with Crippen LogP contribution in [0.3, 0.4) is 0 Å². The molecule has 0 spiro atoms. The number of amides is 3. The quantitative estimate of drug-likeness (QED) is 0.412. The predicted octanol–water partition coefficient (Wildman–Crippen LogP) is 3.62. The Morgan fingerprint density at radius 3 is 2.45 bits per heavy atom. The van der Waals surface area contributed by atoms with Gasteiger partial charge in [0.2, 0.25) is 11.8 Å². The second-order valence-electron chi connectivity index (χ2n) is 10.3. The van der Waals surface area contributed by atoms with Gasteiger partial charge in [-0.25, -0.2) is 9.59 Å². The van der Waals surface area contributed by atoms with Crippen LogP contribution in [0.15, 0.2) is 42.5 Å². The number of nitrogens with one attached hydrogen (secondary N) is 2. The van der Waals surface area contributed by atoms with Crippen molar-refractivity contribution < 1.29 is 28.7 Å². The molecule has 1 aliphatic heterocycles. The number of carbonyl (C=O) groups excluding carboxylic acids is 4. The lowest BCUT2D eigenvalue weighted by atomic mass is 9.93. The molecule has 1 aromatic rings. The summed E-state index contributed by atoms with van der Waals surface area (Å²) in [6, 6.07) is 7.82. The van der Waals surface area contributed by atoms with E-state index >= 15 is 0 Å². The van der Waals surface area contributed by atoms with Crippen molar-refractivity contribution in [1.82, 2.24) is 15.5 Å². The largest absolute Gasteiger partial charge is 0.464 e. The highest BCUT2D eigenvalue weighted by atomic mass is 16.6. The Morgan fingerprint density at radius 2 is 1.82 bits per heavy atom. The molecular formula is C29H43N3O6. The van der Waals surface area contributed by atoms with E-state index in [-0.39, 0.29) is 24.9 Å². The van der Waals surface area contributed by atoms with E-state index in [9.17, 15) is 19.2 Å². The van der Waals surface area contributed by atoms with Crippen molar-refractivity contribution in [3.63, 3.8) is 0 Å². The lowest BCUT2D eigenvalue weighted by Crippen LogP contribution is -2.53. The maximum absolute atomic E-state index is 13.3. The first-order valence-electron chi connectivity index (χ1n) is 13.4. The van der Waals surface area contributed by atoms with Gasteiger partial charge in [-0.3, -0.25) is 9.59 Å². The van der Waals surface area contributed by atoms with Gasteiger partial charge in [-0.05, 0) is 50.5 Å². The van der Waals surface area contributed by atoms with E-state index in [0.29, 0.717) is 32.1 Å². The number of allylic oxidation sites excluding steroid dienone is 2. The van der Waals surface area contributed by atoms with Gasteiger partial charge in [0.15, 0.2) is 0 Å². The molecule has 1 heterocycles. The first kappa shape index (κ1) is 30.9. The summed E-state index contributed by atoms with van der Waals surface area (Å²) in [5.74, 6) is -1.72. The number of hydrogen-bond donors (Lipinski definition) is 2. The number of nitrogens with zero attached hydrogens (tertiary/aromatic N) is 1. The molecule has 2 rings (SSSR count). The number of cyclic esters (lactones) is 1. The number of carbonyl (C=O) groups is 4. The van der Waals surface area contributed by atoms with Crippen LogP contribution in [0.5, 0.6) is 0 Å². The lowest BCUT2D eigenvalue weighted by molar-refractivity contribution is -0.148. The highest BCUT2D eigenvalue weighted by Crippen LogP contribution is 2.19. The van der Waals surface area contributed by atoms with Crippen molar-refractivity contribution in [2.75, 3.05) is 20.7 Å². The molecule has 3 amide bonds. The summed E-state index contributed by atoms with van der Waals surface area (Å²) in [7, 11) is 3.33. The second-order valence-corrected chi connectivity index (χ2v) is 10.3. The van der Waals surface area contributed by atoms with Crippen LogP contribution in [0.25, 0.3) is 0 Å². The van der Waals surface area contributed by atoms with Gasteiger partial charge >= 0.3 is 12.1 Å². The van der Waals surface area contributed by atoms with Gasteiger partial charge < -0.3 is 25.0 Å². The molecule has 0 aliphatic carbocycles. The molecule has 2 N–H and O–H groups in total. The summed E-state index contributed by atoms with van der Waals surface area (Å²) in [5, 5.41) is 5.45. The van der Waals surface area contributed by atoms with Crippen molar-refractivity contribution in [1.29, 1.82) is 0 Å². The summed E-state index contributed by atoms with van der Waals surface area (Å²) < 4.78 is 11.0. The zero-order valence-corrected chi connectivity index (χ0v) is 23.3. The Bertz CT molecular complexity index is 947. The third-order valence-electron chi connectivity index (χ3n) is 6.34. The highest BCUT2D eigenvalue weighted by Gasteiger charge is 2.33. The molecule has 4 atom stereocenters. The van der Waals surface area contributed by atoms with Crippen molar-refractivity contribution in [2.45, 2.75) is 77.5 Å². The maximum atomic E-state index is 13.3. The third kappa shape index (κ3) is 10.6. The van der Waals surface area contributed by atoms with Gasteiger partial charge in [0.05, 0.1) is 6.61 Å². The van der Waals surface area contributed by atoms with E-state index < -0.39 is 42.1 Å². The molecule has 0 saturated heterocycles. The standard InChI is InChI=1S/C29H43N3O6/c1-6-37-28(35)25-19-22(27(34)32(4)5)15-11-8-12-16-23(18-21-13-9-7-10-14-21)38-29(36)31-24(17-20(2)3)26(33)30-25/h7-11,13-14,20,22-25H,6,12,15-19H2,1-5H3,(H,30,33)(H,31,36)/t22?,23?,24-,25-/m0/s1. The number of esters is 1. The number of alkyl carbamates (subject to hydrolysis) is 1. The molecule has 38 heavy (non-hydrogen) atoms. The van der Waals surface area contributed by atoms with Crippen LogP contribution in [0.4, 0.5) is 4.79 Å². The lowest BCUT2D eigenvalue weighted by Gasteiger charge is -2.27. The van der Waals surface area contributed by atoms with E-state index in [1.165, 1.54) is 4.90 Å². The summed E-state index contributed by atoms with van der Waals surface area (Å²) in [5.41, 5.74) is 1.04. The molecule has 9 heteroatoms. The molecule has 2 unspecified atom stereocenters. The predicted molar refractivity (Wildman–Crippen MR) is 145 cm³/mol. The van der Waals surface area contributed by atoms with Crippen LogP contribution in [0.1, 0.15) is 58.4 Å². The Morgan fingerprint density at radius 1 is 1.11 bits per heavy atom. The Hall–Kier alpha value is -3.36. The first-order chi connectivity index (χ1) is 18.1. The molecule has 0 radical (unpaired) electrons. The van der Waals surface area contributed by atoms with Crippen LogP contribution in [0, 0.1) is 11.8 Å². The van der Waals surface area contributed by atoms with Gasteiger partial charge in [-0.2, -0.15) is 0 Å². The van der Waals surface area contributed by atoms with Crippen LogP contribution in [-0.4, -0.2) is 67.7 Å². The molecule has 1 aromatic carbocycles. The van der Waals surface area contributed by atoms with Gasteiger partial charge in [0, 0.05) is 26.4 Å². The normalized spacial score (nSPS) is 23.3. The molecular weight excluding hydrogens is 486 g/mol. The van der Waals surface area contributed by atoms with E-state index in [1.807, 2.05) is 56.3 Å². The van der Waals surface area contributed by atoms with Crippen molar-refractivity contribution in [3.05, 3.63) is 48.0 Å². The Balaban J connectivity index is 2.36. The van der Waals surface area contributed by atoms with Gasteiger partial charge in [0.25, 0.3) is 0 Å². The zero-order valence-electron chi connectivity index (χ0n) is 23.3. The Kier molecular flexibility index (Phi) is 12.8. The average molecular weight is 530 g/mol. The fourth-order valence-corrected chi connectivity index (χ4v) is 4.45. The number of benzene rings is 1. The fraction of sp³-hybridized carbons (Fsp3) is 0.586. The zero-order chi connectivity index (χ0) is 28.1. The molecule has 0 bridgehead atoms. The van der Waals surface area contributed by atoms with Crippen molar-refractivity contribution in [2.24, 2.45) is 11.8 Å². The number of rotatable bonds is 7. The molecule has 1 aliphatic rings. The minimum atomic E-state index is -1.03. The minimum Gasteiger partial charge on any atom is -0.464 e. The van der Waals surface area contributed by atoms with Crippen molar-refractivity contribution >= 4 is 23.9 Å². The molecule has 9 nitrogen and oxygen atoms in total. The van der Waals surface area contributed by atoms with Gasteiger partial charge in [0.1, 0.15) is 18.2 Å². The van der Waals surface area contributed by atoms with E-state index in [1.54, 1.807) is 21.0 Å². The smallest absolute Gasteiger partial charge is 0.408 e. The van der Waals surface area contributed by atoms with Crippen LogP contribution < -0.4 is 10.6 Å². The summed E-state index contributed by atoms with van der Waals surface area (Å²) in [6.07, 6.45) is 5.39. The first-order valence-corrected chi connectivity index (χ1v) is 13.4. The maximum Gasteiger partial charge on any atom is 0.408 e. The van der Waals surface area contributed by atoms with Gasteiger partial charge in [-0.1, -0.05) is 56.3 Å².